The van der Waals surface area contributed by atoms with E-state index in [1.54, 1.807) is 0 Å². The van der Waals surface area contributed by atoms with E-state index in [1.807, 2.05) is 37.3 Å². The molecule has 90 valence electrons. The van der Waals surface area contributed by atoms with Gasteiger partial charge in [0, 0.05) is 18.9 Å². The van der Waals surface area contributed by atoms with Gasteiger partial charge in [-0.3, -0.25) is 14.4 Å². The summed E-state index contributed by atoms with van der Waals surface area (Å²) in [6.07, 6.45) is 1.59. The van der Waals surface area contributed by atoms with Crippen molar-refractivity contribution in [1.29, 1.82) is 0 Å². The van der Waals surface area contributed by atoms with E-state index in [0.29, 0.717) is 6.42 Å². The van der Waals surface area contributed by atoms with Crippen LogP contribution in [0, 0.1) is 0 Å². The predicted molar refractivity (Wildman–Crippen MR) is 66.9 cm³/mol. The molecule has 0 aliphatic rings. The molecule has 0 aliphatic heterocycles. The van der Waals surface area contributed by atoms with Crippen LogP contribution in [0.4, 0.5) is 0 Å². The second-order valence-corrected chi connectivity index (χ2v) is 3.27. The summed E-state index contributed by atoms with van der Waals surface area (Å²) in [5.41, 5.74) is 0.810. The summed E-state index contributed by atoms with van der Waals surface area (Å²) < 4.78 is 0. The smallest absolute Gasteiger partial charge is 0.220 e. The summed E-state index contributed by atoms with van der Waals surface area (Å²) in [4.78, 5) is 31.0. The van der Waals surface area contributed by atoms with Crippen molar-refractivity contribution in [3.63, 3.8) is 0 Å². The lowest BCUT2D eigenvalue weighted by Gasteiger charge is -1.93. The summed E-state index contributed by atoms with van der Waals surface area (Å²) in [5, 5.41) is 0. The van der Waals surface area contributed by atoms with Gasteiger partial charge in [-0.2, -0.15) is 0 Å². The summed E-state index contributed by atoms with van der Waals surface area (Å²) in [5.74, 6) is -0.782. The van der Waals surface area contributed by atoms with Crippen molar-refractivity contribution in [3.8, 4) is 0 Å². The standard InChI is InChI=1S/C9H10O.C5H6O2/c1-2-9(10)8-6-4-3-5-7-8;1-3-5(7)4(2)6/h3-7H,2H2,1H3;3H,1H2,2H3. The lowest BCUT2D eigenvalue weighted by molar-refractivity contribution is -0.132. The van der Waals surface area contributed by atoms with E-state index in [1.165, 1.54) is 6.92 Å². The highest BCUT2D eigenvalue weighted by Crippen LogP contribution is 2.01. The summed E-state index contributed by atoms with van der Waals surface area (Å²) in [6, 6.07) is 9.34. The van der Waals surface area contributed by atoms with Crippen molar-refractivity contribution < 1.29 is 14.4 Å². The van der Waals surface area contributed by atoms with Gasteiger partial charge in [-0.25, -0.2) is 0 Å². The van der Waals surface area contributed by atoms with E-state index < -0.39 is 11.6 Å². The first-order valence-electron chi connectivity index (χ1n) is 5.28. The summed E-state index contributed by atoms with van der Waals surface area (Å²) in [7, 11) is 0. The second kappa shape index (κ2) is 8.16. The van der Waals surface area contributed by atoms with Crippen LogP contribution in [0.25, 0.3) is 0 Å². The molecule has 0 bridgehead atoms. The number of allylic oxidation sites excluding steroid dienone is 1. The quantitative estimate of drug-likeness (QED) is 0.455. The third-order valence-electron chi connectivity index (χ3n) is 1.95. The fraction of sp³-hybridized carbons (Fsp3) is 0.214. The molecule has 0 atom stereocenters. The zero-order valence-corrected chi connectivity index (χ0v) is 10.1. The van der Waals surface area contributed by atoms with Crippen molar-refractivity contribution in [2.75, 3.05) is 0 Å². The number of hydrogen-bond donors (Lipinski definition) is 0. The van der Waals surface area contributed by atoms with Gasteiger partial charge in [0.2, 0.25) is 5.78 Å². The zero-order valence-electron chi connectivity index (χ0n) is 10.1. The third kappa shape index (κ3) is 6.20. The molecule has 0 saturated heterocycles. The molecule has 0 spiro atoms. The Hall–Kier alpha value is -2.03. The molecule has 0 heterocycles. The minimum Gasteiger partial charge on any atom is -0.294 e. The zero-order chi connectivity index (χ0) is 13.3. The molecule has 0 fully saturated rings. The van der Waals surface area contributed by atoms with Crippen molar-refractivity contribution in [2.24, 2.45) is 0 Å². The fourth-order valence-corrected chi connectivity index (χ4v) is 0.972. The minimum absolute atomic E-state index is 0.209. The SMILES string of the molecule is C=CC(=O)C(C)=O.CCC(=O)c1ccccc1. The molecule has 17 heavy (non-hydrogen) atoms. The average Bonchev–Trinajstić information content (AvgIpc) is 2.38. The van der Waals surface area contributed by atoms with E-state index >= 15 is 0 Å². The lowest BCUT2D eigenvalue weighted by Crippen LogP contribution is -2.03. The van der Waals surface area contributed by atoms with Crippen molar-refractivity contribution >= 4 is 17.3 Å². The van der Waals surface area contributed by atoms with E-state index in [0.717, 1.165) is 11.6 Å². The van der Waals surface area contributed by atoms with Gasteiger partial charge in [0.1, 0.15) is 0 Å². The molecule has 0 amide bonds. The molecule has 0 N–H and O–H groups in total. The second-order valence-electron chi connectivity index (χ2n) is 3.27. The van der Waals surface area contributed by atoms with Crippen LogP contribution in [0.5, 0.6) is 0 Å². The van der Waals surface area contributed by atoms with Gasteiger partial charge < -0.3 is 0 Å². The normalized spacial score (nSPS) is 8.59. The van der Waals surface area contributed by atoms with Crippen LogP contribution in [0.3, 0.4) is 0 Å². The van der Waals surface area contributed by atoms with Crippen LogP contribution in [0.15, 0.2) is 43.0 Å². The highest BCUT2D eigenvalue weighted by atomic mass is 16.2. The molecule has 0 aliphatic carbocycles. The predicted octanol–water partition coefficient (Wildman–Crippen LogP) is 2.61. The van der Waals surface area contributed by atoms with Crippen molar-refractivity contribution in [3.05, 3.63) is 48.6 Å². The Morgan fingerprint density at radius 2 is 1.71 bits per heavy atom. The molecule has 1 aromatic carbocycles. The number of rotatable bonds is 4. The van der Waals surface area contributed by atoms with Gasteiger partial charge in [0.05, 0.1) is 0 Å². The Balaban J connectivity index is 0.000000325. The molecule has 3 nitrogen and oxygen atoms in total. The van der Waals surface area contributed by atoms with Gasteiger partial charge in [-0.05, 0) is 6.08 Å². The highest BCUT2D eigenvalue weighted by Gasteiger charge is 1.98. The maximum Gasteiger partial charge on any atom is 0.220 e. The van der Waals surface area contributed by atoms with Gasteiger partial charge >= 0.3 is 0 Å². The van der Waals surface area contributed by atoms with Gasteiger partial charge in [-0.15, -0.1) is 0 Å². The number of hydrogen-bond acceptors (Lipinski definition) is 3. The topological polar surface area (TPSA) is 51.2 Å². The van der Waals surface area contributed by atoms with Crippen molar-refractivity contribution in [2.45, 2.75) is 20.3 Å². The first-order chi connectivity index (χ1) is 8.02. The average molecular weight is 232 g/mol. The maximum absolute atomic E-state index is 11.0. The summed E-state index contributed by atoms with van der Waals surface area (Å²) in [6.45, 7) is 6.19. The molecule has 1 rings (SSSR count). The Morgan fingerprint density at radius 3 is 2.00 bits per heavy atom. The maximum atomic E-state index is 11.0. The lowest BCUT2D eigenvalue weighted by atomic mass is 10.1. The molecule has 0 radical (unpaired) electrons. The third-order valence-corrected chi connectivity index (χ3v) is 1.95. The van der Waals surface area contributed by atoms with Crippen LogP contribution in [0.1, 0.15) is 30.6 Å². The van der Waals surface area contributed by atoms with Crippen LogP contribution >= 0.6 is 0 Å². The van der Waals surface area contributed by atoms with Crippen LogP contribution in [-0.4, -0.2) is 17.3 Å². The molecule has 0 saturated carbocycles. The van der Waals surface area contributed by atoms with Crippen LogP contribution in [-0.2, 0) is 9.59 Å². The van der Waals surface area contributed by atoms with Crippen LogP contribution in [0.2, 0.25) is 0 Å². The van der Waals surface area contributed by atoms with E-state index in [4.69, 9.17) is 0 Å². The molecule has 3 heteroatoms. The first kappa shape index (κ1) is 15.0. The Labute approximate surface area is 101 Å². The molecule has 1 aromatic rings. The number of ketones is 3. The number of Topliss-reactive ketones (excluding diaryl/α,β-unsaturated/α-hetero) is 2. The largest absolute Gasteiger partial charge is 0.294 e. The first-order valence-corrected chi connectivity index (χ1v) is 5.28. The van der Waals surface area contributed by atoms with Crippen molar-refractivity contribution in [1.82, 2.24) is 0 Å². The Bertz CT molecular complexity index is 405. The Morgan fingerprint density at radius 1 is 1.18 bits per heavy atom. The highest BCUT2D eigenvalue weighted by molar-refractivity contribution is 6.40. The molecule has 0 aromatic heterocycles. The van der Waals surface area contributed by atoms with Gasteiger partial charge in [-0.1, -0.05) is 43.8 Å². The molecule has 0 unspecified atom stereocenters. The molecular weight excluding hydrogens is 216 g/mol. The monoisotopic (exact) mass is 232 g/mol. The van der Waals surface area contributed by atoms with Gasteiger partial charge in [0.15, 0.2) is 11.6 Å². The molecular formula is C14H16O3. The van der Waals surface area contributed by atoms with Gasteiger partial charge in [0.25, 0.3) is 0 Å². The summed E-state index contributed by atoms with van der Waals surface area (Å²) >= 11 is 0. The van der Waals surface area contributed by atoms with E-state index in [9.17, 15) is 14.4 Å². The number of carbonyl (C=O) groups is 3. The Kier molecular flexibility index (Phi) is 7.19. The van der Waals surface area contributed by atoms with Crippen LogP contribution < -0.4 is 0 Å². The fourth-order valence-electron chi connectivity index (χ4n) is 0.972. The van der Waals surface area contributed by atoms with E-state index in [2.05, 4.69) is 6.58 Å². The number of carbonyl (C=O) groups excluding carboxylic acids is 3. The van der Waals surface area contributed by atoms with E-state index in [-0.39, 0.29) is 5.78 Å². The minimum atomic E-state index is -0.528. The number of benzene rings is 1.